The Kier molecular flexibility index (Phi) is 6.67. The van der Waals surface area contributed by atoms with Gasteiger partial charge in [-0.05, 0) is 74.8 Å². The van der Waals surface area contributed by atoms with Gasteiger partial charge in [0.2, 0.25) is 15.9 Å². The van der Waals surface area contributed by atoms with E-state index in [9.17, 15) is 17.6 Å². The molecule has 32 heavy (non-hydrogen) atoms. The zero-order valence-corrected chi connectivity index (χ0v) is 19.6. The molecule has 1 fully saturated rings. The van der Waals surface area contributed by atoms with E-state index < -0.39 is 10.0 Å². The maximum Gasteiger partial charge on any atom is 0.243 e. The van der Waals surface area contributed by atoms with Gasteiger partial charge in [-0.1, -0.05) is 24.3 Å². The average Bonchev–Trinajstić information content (AvgIpc) is 2.82. The van der Waals surface area contributed by atoms with Crippen molar-refractivity contribution in [2.75, 3.05) is 20.1 Å². The molecule has 2 aromatic carbocycles. The van der Waals surface area contributed by atoms with Crippen molar-refractivity contribution in [1.29, 1.82) is 0 Å². The highest BCUT2D eigenvalue weighted by molar-refractivity contribution is 7.89. The molecule has 1 aliphatic heterocycles. The van der Waals surface area contributed by atoms with Gasteiger partial charge in [-0.3, -0.25) is 4.79 Å². The van der Waals surface area contributed by atoms with Crippen molar-refractivity contribution in [3.8, 4) is 0 Å². The molecule has 0 saturated carbocycles. The van der Waals surface area contributed by atoms with Crippen molar-refractivity contribution in [2.45, 2.75) is 56.4 Å². The van der Waals surface area contributed by atoms with Gasteiger partial charge < -0.3 is 4.90 Å². The number of fused-ring (bicyclic) bond motifs is 1. The highest BCUT2D eigenvalue weighted by atomic mass is 32.2. The van der Waals surface area contributed by atoms with Crippen LogP contribution in [0.25, 0.3) is 0 Å². The molecule has 1 atom stereocenters. The third kappa shape index (κ3) is 4.46. The smallest absolute Gasteiger partial charge is 0.243 e. The Hall–Kier alpha value is -2.25. The number of piperidine rings is 1. The summed E-state index contributed by atoms with van der Waals surface area (Å²) in [7, 11) is -1.88. The number of sulfonamides is 1. The number of amides is 1. The van der Waals surface area contributed by atoms with Crippen LogP contribution in [0.4, 0.5) is 4.39 Å². The minimum Gasteiger partial charge on any atom is -0.339 e. The predicted molar refractivity (Wildman–Crippen MR) is 122 cm³/mol. The van der Waals surface area contributed by atoms with Gasteiger partial charge in [-0.2, -0.15) is 4.31 Å². The molecule has 2 aromatic rings. The van der Waals surface area contributed by atoms with Crippen LogP contribution in [0.2, 0.25) is 0 Å². The fourth-order valence-corrected chi connectivity index (χ4v) is 6.38. The Morgan fingerprint density at radius 3 is 2.41 bits per heavy atom. The molecule has 1 heterocycles. The standard InChI is InChI=1S/C25H31FN2O3S/c1-18(23-9-5-6-10-24(23)26)27(2)25(29)20-13-15-28(16-14-20)32(30,31)22-12-11-19-7-3-4-8-21(19)17-22/h5-6,9-12,17-18,20H,3-4,7-8,13-16H2,1-2H3. The lowest BCUT2D eigenvalue weighted by atomic mass is 9.92. The summed E-state index contributed by atoms with van der Waals surface area (Å²) in [5.41, 5.74) is 2.88. The number of carbonyl (C=O) groups excluding carboxylic acids is 1. The van der Waals surface area contributed by atoms with E-state index in [0.29, 0.717) is 36.4 Å². The number of nitrogens with zero attached hydrogens (tertiary/aromatic N) is 2. The number of carbonyl (C=O) groups is 1. The molecule has 0 spiro atoms. The van der Waals surface area contributed by atoms with Crippen LogP contribution in [-0.4, -0.2) is 43.7 Å². The minimum absolute atomic E-state index is 0.0634. The van der Waals surface area contributed by atoms with Crippen molar-refractivity contribution in [3.05, 3.63) is 65.0 Å². The molecule has 4 rings (SSSR count). The summed E-state index contributed by atoms with van der Waals surface area (Å²) in [6, 6.07) is 11.6. The van der Waals surface area contributed by atoms with E-state index in [1.54, 1.807) is 36.2 Å². The number of hydrogen-bond acceptors (Lipinski definition) is 3. The lowest BCUT2D eigenvalue weighted by Gasteiger charge is -2.34. The normalized spacial score (nSPS) is 18.7. The maximum atomic E-state index is 14.1. The zero-order chi connectivity index (χ0) is 22.9. The van der Waals surface area contributed by atoms with Crippen molar-refractivity contribution < 1.29 is 17.6 Å². The number of hydrogen-bond donors (Lipinski definition) is 0. The van der Waals surface area contributed by atoms with Crippen LogP contribution < -0.4 is 0 Å². The van der Waals surface area contributed by atoms with E-state index in [1.807, 2.05) is 19.1 Å². The lowest BCUT2D eigenvalue weighted by Crippen LogP contribution is -2.44. The molecule has 0 bridgehead atoms. The Morgan fingerprint density at radius 1 is 1.06 bits per heavy atom. The molecule has 0 N–H and O–H groups in total. The first kappa shape index (κ1) is 22.9. The molecule has 7 heteroatoms. The molecule has 5 nitrogen and oxygen atoms in total. The fourth-order valence-electron chi connectivity index (χ4n) is 4.86. The van der Waals surface area contributed by atoms with E-state index in [0.717, 1.165) is 31.2 Å². The third-order valence-corrected chi connectivity index (χ3v) is 8.94. The summed E-state index contributed by atoms with van der Waals surface area (Å²) in [4.78, 5) is 15.0. The van der Waals surface area contributed by atoms with E-state index >= 15 is 0 Å². The van der Waals surface area contributed by atoms with Crippen LogP contribution in [0.5, 0.6) is 0 Å². The largest absolute Gasteiger partial charge is 0.339 e. The number of halogens is 1. The number of rotatable bonds is 5. The zero-order valence-electron chi connectivity index (χ0n) is 18.8. The van der Waals surface area contributed by atoms with E-state index in [-0.39, 0.29) is 23.7 Å². The van der Waals surface area contributed by atoms with Gasteiger partial charge in [0, 0.05) is 31.6 Å². The Bertz CT molecular complexity index is 1090. The molecule has 2 aliphatic rings. The van der Waals surface area contributed by atoms with Crippen molar-refractivity contribution in [3.63, 3.8) is 0 Å². The van der Waals surface area contributed by atoms with E-state index in [2.05, 4.69) is 0 Å². The summed E-state index contributed by atoms with van der Waals surface area (Å²) < 4.78 is 42.1. The topological polar surface area (TPSA) is 57.7 Å². The Morgan fingerprint density at radius 2 is 1.72 bits per heavy atom. The summed E-state index contributed by atoms with van der Waals surface area (Å²) >= 11 is 0. The quantitative estimate of drug-likeness (QED) is 0.670. The van der Waals surface area contributed by atoms with Crippen LogP contribution >= 0.6 is 0 Å². The number of aryl methyl sites for hydroxylation is 2. The van der Waals surface area contributed by atoms with Gasteiger partial charge >= 0.3 is 0 Å². The molecular formula is C25H31FN2O3S. The maximum absolute atomic E-state index is 14.1. The SMILES string of the molecule is CC(c1ccccc1F)N(C)C(=O)C1CCN(S(=O)(=O)c2ccc3c(c2)CCCC3)CC1. The van der Waals surface area contributed by atoms with Crippen molar-refractivity contribution >= 4 is 15.9 Å². The first-order valence-electron chi connectivity index (χ1n) is 11.4. The third-order valence-electron chi connectivity index (χ3n) is 7.04. The van der Waals surface area contributed by atoms with Crippen LogP contribution in [-0.2, 0) is 27.7 Å². The minimum atomic E-state index is -3.57. The molecule has 1 aliphatic carbocycles. The van der Waals surface area contributed by atoms with Crippen molar-refractivity contribution in [2.24, 2.45) is 5.92 Å². The molecule has 1 saturated heterocycles. The second-order valence-electron chi connectivity index (χ2n) is 8.96. The molecule has 1 unspecified atom stereocenters. The van der Waals surface area contributed by atoms with Crippen LogP contribution in [0.3, 0.4) is 0 Å². The predicted octanol–water partition coefficient (Wildman–Crippen LogP) is 4.32. The lowest BCUT2D eigenvalue weighted by molar-refractivity contribution is -0.137. The van der Waals surface area contributed by atoms with E-state index in [4.69, 9.17) is 0 Å². The van der Waals surface area contributed by atoms with Gasteiger partial charge in [0.25, 0.3) is 0 Å². The average molecular weight is 459 g/mol. The first-order chi connectivity index (χ1) is 15.3. The summed E-state index contributed by atoms with van der Waals surface area (Å²) in [5, 5.41) is 0. The second kappa shape index (κ2) is 9.32. The van der Waals surface area contributed by atoms with Gasteiger partial charge in [0.1, 0.15) is 5.82 Å². The van der Waals surface area contributed by atoms with Crippen LogP contribution in [0.15, 0.2) is 47.4 Å². The summed E-state index contributed by atoms with van der Waals surface area (Å²) in [6.45, 7) is 2.45. The second-order valence-corrected chi connectivity index (χ2v) is 10.9. The Labute approximate surface area is 190 Å². The number of benzene rings is 2. The highest BCUT2D eigenvalue weighted by Crippen LogP contribution is 2.30. The van der Waals surface area contributed by atoms with Crippen LogP contribution in [0.1, 0.15) is 55.3 Å². The first-order valence-corrected chi connectivity index (χ1v) is 12.9. The van der Waals surface area contributed by atoms with Crippen LogP contribution in [0, 0.1) is 11.7 Å². The van der Waals surface area contributed by atoms with Gasteiger partial charge in [0.05, 0.1) is 10.9 Å². The molecule has 1 amide bonds. The fraction of sp³-hybridized carbons (Fsp3) is 0.480. The van der Waals surface area contributed by atoms with Gasteiger partial charge in [-0.25, -0.2) is 12.8 Å². The highest BCUT2D eigenvalue weighted by Gasteiger charge is 2.34. The van der Waals surface area contributed by atoms with Gasteiger partial charge in [0.15, 0.2) is 0 Å². The van der Waals surface area contributed by atoms with Gasteiger partial charge in [-0.15, -0.1) is 0 Å². The molecule has 172 valence electrons. The monoisotopic (exact) mass is 458 g/mol. The molecular weight excluding hydrogens is 427 g/mol. The summed E-state index contributed by atoms with van der Waals surface area (Å²) in [6.07, 6.45) is 5.14. The molecule has 0 radical (unpaired) electrons. The van der Waals surface area contributed by atoms with E-state index in [1.165, 1.54) is 15.9 Å². The Balaban J connectivity index is 1.41. The summed E-state index contributed by atoms with van der Waals surface area (Å²) in [5.74, 6) is -0.651. The molecule has 0 aromatic heterocycles. The van der Waals surface area contributed by atoms with Crippen molar-refractivity contribution in [1.82, 2.24) is 9.21 Å².